The molecule has 18 nitrogen and oxygen atoms in total. The molecule has 0 spiro atoms. The Hall–Kier alpha value is -7.76. The zero-order chi connectivity index (χ0) is 60.1. The van der Waals surface area contributed by atoms with Gasteiger partial charge in [-0.05, 0) is 132 Å². The van der Waals surface area contributed by atoms with Gasteiger partial charge in [0.1, 0.15) is 29.5 Å². The number of azo groups is 4. The number of carbonyl (C=O) groups is 2. The molecule has 448 valence electrons. The van der Waals surface area contributed by atoms with Crippen LogP contribution >= 0.6 is 0 Å². The van der Waals surface area contributed by atoms with Crippen molar-refractivity contribution in [3.8, 4) is 11.5 Å². The van der Waals surface area contributed by atoms with E-state index < -0.39 is 15.8 Å². The van der Waals surface area contributed by atoms with Gasteiger partial charge in [0.25, 0.3) is 0 Å². The molecule has 5 aromatic carbocycles. The highest BCUT2D eigenvalue weighted by Gasteiger charge is 2.43. The first-order valence-electron chi connectivity index (χ1n) is 29.6. The summed E-state index contributed by atoms with van der Waals surface area (Å²) in [7, 11) is 3.99. The topological polar surface area (TPSA) is 216 Å². The molecule has 1 atom stereocenters. The Morgan fingerprint density at radius 1 is 0.494 bits per heavy atom. The summed E-state index contributed by atoms with van der Waals surface area (Å²) < 4.78 is 23.0. The van der Waals surface area contributed by atoms with E-state index in [0.717, 1.165) is 31.3 Å². The summed E-state index contributed by atoms with van der Waals surface area (Å²) in [6.45, 7) is 13.7. The first-order valence-corrected chi connectivity index (χ1v) is 29.6. The molecule has 83 heavy (non-hydrogen) atoms. The predicted octanol–water partition coefficient (Wildman–Crippen LogP) is 20.3. The number of nitro groups is 1. The molecular weight excluding hydrogens is 1050 g/mol. The van der Waals surface area contributed by atoms with Gasteiger partial charge in [0, 0.05) is 29.3 Å². The number of esters is 2. The van der Waals surface area contributed by atoms with Crippen LogP contribution in [0.1, 0.15) is 157 Å². The van der Waals surface area contributed by atoms with E-state index in [0.29, 0.717) is 83.8 Å². The average molecular weight is 1140 g/mol. The number of benzene rings is 5. The fraction of sp³-hybridized carbons (Fsp3) is 0.508. The number of unbranched alkanes of at least 4 members (excludes halogenated alkanes) is 15. The number of anilines is 1. The molecule has 0 bridgehead atoms. The number of ether oxygens (including phenoxy) is 4. The van der Waals surface area contributed by atoms with Crippen LogP contribution in [-0.2, 0) is 19.1 Å². The van der Waals surface area contributed by atoms with Gasteiger partial charge in [0.2, 0.25) is 0 Å². The fourth-order valence-electron chi connectivity index (χ4n) is 9.16. The number of rotatable bonds is 37. The Morgan fingerprint density at radius 2 is 0.843 bits per heavy atom. The quantitative estimate of drug-likeness (QED) is 0.0121. The molecule has 0 fully saturated rings. The van der Waals surface area contributed by atoms with E-state index in [4.69, 9.17) is 29.1 Å². The highest BCUT2D eigenvalue weighted by molar-refractivity contribution is 5.80. The van der Waals surface area contributed by atoms with E-state index in [1.54, 1.807) is 50.6 Å². The molecule has 0 radical (unpaired) electrons. The number of likely N-dealkylation sites (N-methyl/N-ethyl adjacent to an activating group) is 1. The van der Waals surface area contributed by atoms with Gasteiger partial charge < -0.3 is 23.8 Å². The van der Waals surface area contributed by atoms with E-state index in [2.05, 4.69) is 59.7 Å². The van der Waals surface area contributed by atoms with Gasteiger partial charge in [-0.15, -0.1) is 10.2 Å². The highest BCUT2D eigenvalue weighted by Crippen LogP contribution is 2.42. The molecule has 0 aliphatic rings. The summed E-state index contributed by atoms with van der Waals surface area (Å²) in [5.74, 6) is 0.304. The van der Waals surface area contributed by atoms with Crippen LogP contribution < -0.4 is 14.4 Å². The Labute approximate surface area is 492 Å². The van der Waals surface area contributed by atoms with E-state index >= 15 is 0 Å². The lowest BCUT2D eigenvalue weighted by atomic mass is 9.72. The lowest BCUT2D eigenvalue weighted by Gasteiger charge is -2.34. The summed E-state index contributed by atoms with van der Waals surface area (Å²) in [5, 5.41) is 43.8. The van der Waals surface area contributed by atoms with Crippen LogP contribution in [-0.4, -0.2) is 64.4 Å². The third kappa shape index (κ3) is 25.9. The number of hydrogen-bond acceptors (Lipinski definition) is 17. The van der Waals surface area contributed by atoms with Crippen LogP contribution in [0.25, 0.3) is 0 Å². The number of hydrogen-bond donors (Lipinski definition) is 0. The SMILES string of the molecule is CCCCCCCCCCCCCCCCCCOC(=O)C(C)(CC)CC(C)(C)C(=O)OCCN(CC)c1ccc(N=Nc2cc(OC)c(N=Nc3ccc(N=Nc4ccc(N=Nc5ccccc5)cc4)cc3)cc2OC)cc1.C[N+](=O)[O-]. The molecule has 0 aliphatic heterocycles. The van der Waals surface area contributed by atoms with Crippen LogP contribution in [0.3, 0.4) is 0 Å². The van der Waals surface area contributed by atoms with Gasteiger partial charge in [-0.2, -0.15) is 30.7 Å². The summed E-state index contributed by atoms with van der Waals surface area (Å²) >= 11 is 0. The average Bonchev–Trinajstić information content (AvgIpc) is 3.64. The standard InChI is InChI=1S/C64H87N9O6.CH3NO2/c1-9-12-13-14-15-16-17-18-19-20-21-22-23-24-25-29-45-78-62(75)64(6,10-2)49-63(4,5)61(74)79-46-44-73(11-3)56-42-40-55(41-43-56)70-72-58-48-59(76-7)57(47-60(58)77-8)71-69-54-38-36-53(37-39-54)68-67-52-34-32-51(33-35-52)66-65-50-30-27-26-28-31-50;1-2(3)4/h26-28,30-43,47-48H,9-25,29,44-46,49H2,1-8H3;1H3. The van der Waals surface area contributed by atoms with Crippen LogP contribution in [0.2, 0.25) is 0 Å². The maximum Gasteiger partial charge on any atom is 0.311 e. The van der Waals surface area contributed by atoms with Crippen molar-refractivity contribution in [3.05, 3.63) is 125 Å². The summed E-state index contributed by atoms with van der Waals surface area (Å²) in [6.07, 6.45) is 21.7. The van der Waals surface area contributed by atoms with Crippen molar-refractivity contribution < 1.29 is 33.5 Å². The molecular formula is C65H90N10O8. The second kappa shape index (κ2) is 38.1. The Bertz CT molecular complexity index is 2790. The van der Waals surface area contributed by atoms with Crippen molar-refractivity contribution >= 4 is 63.1 Å². The largest absolute Gasteiger partial charge is 0.494 e. The first-order chi connectivity index (χ1) is 40.1. The molecule has 0 aromatic heterocycles. The molecule has 0 amide bonds. The van der Waals surface area contributed by atoms with Gasteiger partial charge in [0.15, 0.2) is 7.05 Å². The lowest BCUT2D eigenvalue weighted by molar-refractivity contribution is -0.445. The Balaban J connectivity index is 0.00000358. The van der Waals surface area contributed by atoms with E-state index in [1.165, 1.54) is 89.9 Å². The minimum atomic E-state index is -0.879. The molecule has 0 aliphatic carbocycles. The molecule has 0 N–H and O–H groups in total. The first kappa shape index (κ1) is 67.7. The smallest absolute Gasteiger partial charge is 0.311 e. The maximum absolute atomic E-state index is 13.5. The number of methoxy groups -OCH3 is 2. The van der Waals surface area contributed by atoms with Gasteiger partial charge in [-0.25, -0.2) is 0 Å². The Kier molecular flexibility index (Phi) is 31.1. The second-order valence-electron chi connectivity index (χ2n) is 21.5. The monoisotopic (exact) mass is 1140 g/mol. The molecule has 1 unspecified atom stereocenters. The van der Waals surface area contributed by atoms with Gasteiger partial charge in [-0.1, -0.05) is 128 Å². The van der Waals surface area contributed by atoms with E-state index in [9.17, 15) is 9.59 Å². The van der Waals surface area contributed by atoms with Crippen LogP contribution in [0, 0.1) is 20.9 Å². The van der Waals surface area contributed by atoms with E-state index in [-0.39, 0.29) is 18.5 Å². The van der Waals surface area contributed by atoms with Gasteiger partial charge in [0.05, 0.1) is 72.3 Å². The minimum absolute atomic E-state index is 0.197. The van der Waals surface area contributed by atoms with Crippen LogP contribution in [0.4, 0.5) is 51.2 Å². The second-order valence-corrected chi connectivity index (χ2v) is 21.5. The number of nitrogens with zero attached hydrogens (tertiary/aromatic N) is 10. The van der Waals surface area contributed by atoms with Gasteiger partial charge >= 0.3 is 11.9 Å². The predicted molar refractivity (Wildman–Crippen MR) is 331 cm³/mol. The van der Waals surface area contributed by atoms with Crippen molar-refractivity contribution in [2.45, 2.75) is 157 Å². The van der Waals surface area contributed by atoms with Crippen molar-refractivity contribution in [2.75, 3.05) is 52.5 Å². The van der Waals surface area contributed by atoms with Gasteiger partial charge in [-0.3, -0.25) is 19.7 Å². The third-order valence-corrected chi connectivity index (χ3v) is 14.1. The van der Waals surface area contributed by atoms with Crippen LogP contribution in [0.15, 0.2) is 156 Å². The third-order valence-electron chi connectivity index (χ3n) is 14.1. The molecule has 5 rings (SSSR count). The molecule has 0 heterocycles. The lowest BCUT2D eigenvalue weighted by Crippen LogP contribution is -2.39. The maximum atomic E-state index is 13.5. The Morgan fingerprint density at radius 3 is 1.22 bits per heavy atom. The minimum Gasteiger partial charge on any atom is -0.494 e. The normalized spacial score (nSPS) is 12.3. The van der Waals surface area contributed by atoms with Crippen LogP contribution in [0.5, 0.6) is 11.5 Å². The van der Waals surface area contributed by atoms with Crippen molar-refractivity contribution in [1.82, 2.24) is 0 Å². The molecule has 18 heteroatoms. The fourth-order valence-corrected chi connectivity index (χ4v) is 9.16. The summed E-state index contributed by atoms with van der Waals surface area (Å²) in [4.78, 5) is 37.3. The molecule has 0 saturated heterocycles. The van der Waals surface area contributed by atoms with Crippen molar-refractivity contribution in [1.29, 1.82) is 0 Å². The van der Waals surface area contributed by atoms with E-state index in [1.807, 2.05) is 107 Å². The highest BCUT2D eigenvalue weighted by atomic mass is 16.6. The zero-order valence-corrected chi connectivity index (χ0v) is 50.8. The number of carbonyl (C=O) groups excluding carboxylic acids is 2. The van der Waals surface area contributed by atoms with Crippen molar-refractivity contribution in [2.24, 2.45) is 51.7 Å². The summed E-state index contributed by atoms with van der Waals surface area (Å²) in [6, 6.07) is 35.2. The van der Waals surface area contributed by atoms with Crippen molar-refractivity contribution in [3.63, 3.8) is 0 Å². The molecule has 5 aromatic rings. The zero-order valence-electron chi connectivity index (χ0n) is 50.8. The summed E-state index contributed by atoms with van der Waals surface area (Å²) in [5.41, 5.74) is 4.23. The molecule has 0 saturated carbocycles.